The molecule has 0 unspecified atom stereocenters. The van der Waals surface area contributed by atoms with E-state index in [9.17, 15) is 8.42 Å². The summed E-state index contributed by atoms with van der Waals surface area (Å²) in [6.45, 7) is 7.49. The zero-order chi connectivity index (χ0) is 10.7. The van der Waals surface area contributed by atoms with Gasteiger partial charge >= 0.3 is 0 Å². The molecule has 0 radical (unpaired) electrons. The van der Waals surface area contributed by atoms with E-state index in [1.165, 1.54) is 0 Å². The largest absolute Gasteiger partial charge is 0.273 e. The minimum absolute atomic E-state index is 0.304. The fourth-order valence-electron chi connectivity index (χ4n) is 1.83. The molecular weight excluding hydrogens is 200 g/mol. The van der Waals surface area contributed by atoms with Gasteiger partial charge in [0.25, 0.3) is 10.1 Å². The molecule has 0 amide bonds. The molecule has 1 fully saturated rings. The Morgan fingerprint density at radius 1 is 1.29 bits per heavy atom. The average Bonchev–Trinajstić information content (AvgIpc) is 2.11. The molecule has 0 atom stereocenters. The molecule has 0 aliphatic carbocycles. The first-order valence-electron chi connectivity index (χ1n) is 4.69. The van der Waals surface area contributed by atoms with Gasteiger partial charge in [-0.05, 0) is 25.7 Å². The van der Waals surface area contributed by atoms with Crippen LogP contribution in [0.3, 0.4) is 0 Å². The number of hydrogen-bond donors (Lipinski definition) is 0. The van der Waals surface area contributed by atoms with Gasteiger partial charge in [0.2, 0.25) is 0 Å². The molecule has 14 heavy (non-hydrogen) atoms. The lowest BCUT2D eigenvalue weighted by molar-refractivity contribution is 0.243. The summed E-state index contributed by atoms with van der Waals surface area (Å²) in [5.41, 5.74) is 0. The topological polar surface area (TPSA) is 43.4 Å². The average molecular weight is 216 g/mol. The van der Waals surface area contributed by atoms with Crippen LogP contribution in [0.5, 0.6) is 0 Å². The van der Waals surface area contributed by atoms with Gasteiger partial charge in [-0.15, -0.1) is 13.2 Å². The highest BCUT2D eigenvalue weighted by Gasteiger charge is 2.44. The van der Waals surface area contributed by atoms with Crippen LogP contribution < -0.4 is 0 Å². The Morgan fingerprint density at radius 2 is 1.86 bits per heavy atom. The molecule has 80 valence electrons. The van der Waals surface area contributed by atoms with Crippen LogP contribution in [0, 0.1) is 0 Å². The second-order valence-corrected chi connectivity index (χ2v) is 5.56. The fraction of sp³-hybridized carbons (Fsp3) is 0.600. The van der Waals surface area contributed by atoms with E-state index in [0.717, 1.165) is 6.42 Å². The molecule has 1 rings (SSSR count). The van der Waals surface area contributed by atoms with Gasteiger partial charge in [0.15, 0.2) is 0 Å². The quantitative estimate of drug-likeness (QED) is 0.533. The van der Waals surface area contributed by atoms with Crippen molar-refractivity contribution in [2.75, 3.05) is 6.61 Å². The molecule has 0 saturated carbocycles. The Labute approximate surface area is 85.6 Å². The van der Waals surface area contributed by atoms with Crippen LogP contribution in [0.15, 0.2) is 25.3 Å². The molecular formula is C10H16O3S. The number of hydrogen-bond acceptors (Lipinski definition) is 3. The molecule has 1 saturated heterocycles. The normalized spacial score (nSPS) is 24.0. The van der Waals surface area contributed by atoms with Gasteiger partial charge in [-0.25, -0.2) is 0 Å². The van der Waals surface area contributed by atoms with Gasteiger partial charge in [-0.2, -0.15) is 8.42 Å². The van der Waals surface area contributed by atoms with E-state index in [0.29, 0.717) is 25.9 Å². The van der Waals surface area contributed by atoms with E-state index in [1.54, 1.807) is 12.2 Å². The third kappa shape index (κ3) is 1.91. The van der Waals surface area contributed by atoms with Crippen molar-refractivity contribution in [1.82, 2.24) is 0 Å². The smallest absolute Gasteiger partial charge is 0.270 e. The van der Waals surface area contributed by atoms with E-state index in [2.05, 4.69) is 13.2 Å². The van der Waals surface area contributed by atoms with Gasteiger partial charge in [0, 0.05) is 0 Å². The number of rotatable bonds is 4. The summed E-state index contributed by atoms with van der Waals surface area (Å²) >= 11 is 0. The Kier molecular flexibility index (Phi) is 3.50. The second kappa shape index (κ2) is 4.28. The monoisotopic (exact) mass is 216 g/mol. The van der Waals surface area contributed by atoms with Crippen molar-refractivity contribution >= 4 is 10.1 Å². The van der Waals surface area contributed by atoms with Crippen molar-refractivity contribution < 1.29 is 12.6 Å². The van der Waals surface area contributed by atoms with E-state index in [-0.39, 0.29) is 0 Å². The lowest BCUT2D eigenvalue weighted by Crippen LogP contribution is -2.42. The predicted molar refractivity (Wildman–Crippen MR) is 56.5 cm³/mol. The first-order chi connectivity index (χ1) is 6.58. The Bertz CT molecular complexity index is 306. The molecule has 0 aromatic rings. The third-order valence-corrected chi connectivity index (χ3v) is 4.65. The minimum atomic E-state index is -3.45. The van der Waals surface area contributed by atoms with Gasteiger partial charge in [-0.3, -0.25) is 4.18 Å². The van der Waals surface area contributed by atoms with E-state index < -0.39 is 14.9 Å². The molecule has 0 N–H and O–H groups in total. The van der Waals surface area contributed by atoms with E-state index >= 15 is 0 Å². The zero-order valence-electron chi connectivity index (χ0n) is 8.24. The molecule has 1 heterocycles. The number of allylic oxidation sites excluding steroid dienone is 2. The third-order valence-electron chi connectivity index (χ3n) is 2.58. The van der Waals surface area contributed by atoms with Crippen LogP contribution in [0.25, 0.3) is 0 Å². The first kappa shape index (κ1) is 11.5. The van der Waals surface area contributed by atoms with Crippen molar-refractivity contribution in [1.29, 1.82) is 0 Å². The summed E-state index contributed by atoms with van der Waals surface area (Å²) in [4.78, 5) is 0. The van der Waals surface area contributed by atoms with Crippen molar-refractivity contribution in [3.8, 4) is 0 Å². The molecule has 0 aromatic carbocycles. The lowest BCUT2D eigenvalue weighted by Gasteiger charge is -2.34. The van der Waals surface area contributed by atoms with Gasteiger partial charge < -0.3 is 0 Å². The van der Waals surface area contributed by atoms with Crippen molar-refractivity contribution in [3.05, 3.63) is 25.3 Å². The molecule has 0 spiro atoms. The summed E-state index contributed by atoms with van der Waals surface area (Å²) in [5.74, 6) is 0. The van der Waals surface area contributed by atoms with Crippen molar-refractivity contribution in [3.63, 3.8) is 0 Å². The van der Waals surface area contributed by atoms with Crippen molar-refractivity contribution in [2.24, 2.45) is 0 Å². The highest BCUT2D eigenvalue weighted by atomic mass is 32.2. The van der Waals surface area contributed by atoms with Crippen LogP contribution in [0.2, 0.25) is 0 Å². The van der Waals surface area contributed by atoms with Gasteiger partial charge in [0.1, 0.15) is 4.75 Å². The summed E-state index contributed by atoms with van der Waals surface area (Å²) in [7, 11) is -3.45. The summed E-state index contributed by atoms with van der Waals surface area (Å²) < 4.78 is 27.6. The molecule has 3 nitrogen and oxygen atoms in total. The maximum Gasteiger partial charge on any atom is 0.273 e. The molecule has 1 aliphatic rings. The summed E-state index contributed by atoms with van der Waals surface area (Å²) in [6.07, 6.45) is 5.54. The maximum atomic E-state index is 11.8. The highest BCUT2D eigenvalue weighted by molar-refractivity contribution is 7.88. The zero-order valence-corrected chi connectivity index (χ0v) is 9.05. The molecule has 0 bridgehead atoms. The molecule has 4 heteroatoms. The lowest BCUT2D eigenvalue weighted by atomic mass is 9.94. The van der Waals surface area contributed by atoms with Crippen LogP contribution in [0.1, 0.15) is 25.7 Å². The Balaban J connectivity index is 3.03. The standard InChI is InChI=1S/C10H16O3S/c1-3-6-10(7-4-2)8-5-9-13-14(10,11)12/h3-4H,1-2,5-9H2. The fourth-order valence-corrected chi connectivity index (χ4v) is 3.46. The summed E-state index contributed by atoms with van der Waals surface area (Å²) in [6, 6.07) is 0. The van der Waals surface area contributed by atoms with Gasteiger partial charge in [0.05, 0.1) is 6.61 Å². The molecule has 0 aromatic heterocycles. The van der Waals surface area contributed by atoms with Gasteiger partial charge in [-0.1, -0.05) is 12.2 Å². The summed E-state index contributed by atoms with van der Waals surface area (Å²) in [5, 5.41) is 0. The minimum Gasteiger partial charge on any atom is -0.270 e. The van der Waals surface area contributed by atoms with Crippen LogP contribution in [-0.2, 0) is 14.3 Å². The Morgan fingerprint density at radius 3 is 2.29 bits per heavy atom. The highest BCUT2D eigenvalue weighted by Crippen LogP contribution is 2.36. The van der Waals surface area contributed by atoms with Crippen molar-refractivity contribution in [2.45, 2.75) is 30.4 Å². The van der Waals surface area contributed by atoms with Crippen LogP contribution in [-0.4, -0.2) is 19.8 Å². The predicted octanol–water partition coefficient (Wildman–Crippen LogP) is 2.02. The molecule has 1 aliphatic heterocycles. The second-order valence-electron chi connectivity index (χ2n) is 3.55. The van der Waals surface area contributed by atoms with E-state index in [1.807, 2.05) is 0 Å². The van der Waals surface area contributed by atoms with Crippen LogP contribution >= 0.6 is 0 Å². The Hall–Kier alpha value is -0.610. The first-order valence-corrected chi connectivity index (χ1v) is 6.09. The van der Waals surface area contributed by atoms with E-state index in [4.69, 9.17) is 4.18 Å². The SMILES string of the molecule is C=CCC1(CC=C)CCCOS1(=O)=O. The van der Waals surface area contributed by atoms with Crippen LogP contribution in [0.4, 0.5) is 0 Å². The maximum absolute atomic E-state index is 11.8.